The number of nitrogens with zero attached hydrogens (tertiary/aromatic N) is 2. The third-order valence-corrected chi connectivity index (χ3v) is 6.69. The molecule has 2 aromatic rings. The highest BCUT2D eigenvalue weighted by atomic mass is 32.1. The van der Waals surface area contributed by atoms with Crippen molar-refractivity contribution in [3.05, 3.63) is 38.8 Å². The zero-order valence-electron chi connectivity index (χ0n) is 14.5. The molecule has 4 rings (SSSR count). The van der Waals surface area contributed by atoms with Gasteiger partial charge in [-0.3, -0.25) is 9.89 Å². The minimum Gasteiger partial charge on any atom is -0.338 e. The van der Waals surface area contributed by atoms with Gasteiger partial charge in [-0.1, -0.05) is 6.92 Å². The Kier molecular flexibility index (Phi) is 4.21. The first-order chi connectivity index (χ1) is 11.6. The van der Waals surface area contributed by atoms with Crippen LogP contribution in [0.4, 0.5) is 0 Å². The molecular formula is C19H25N3OS. The predicted molar refractivity (Wildman–Crippen MR) is 96.7 cm³/mol. The molecule has 128 valence electrons. The number of rotatable bonds is 2. The molecule has 0 aromatic carbocycles. The molecule has 24 heavy (non-hydrogen) atoms. The standard InChI is InChI=1S/C19H25N3OS/c1-12-3-4-17-15(9-12)11-18(24-17)19(23)22-7-5-14(6-8-22)16-10-13(2)20-21-16/h10-12,14H,3-9H2,1-2H3,(H,20,21). The second-order valence-corrected chi connectivity index (χ2v) is 8.59. The second-order valence-electron chi connectivity index (χ2n) is 7.45. The molecule has 1 atom stereocenters. The van der Waals surface area contributed by atoms with Gasteiger partial charge in [0.15, 0.2) is 0 Å². The molecule has 0 saturated carbocycles. The van der Waals surface area contributed by atoms with Gasteiger partial charge in [-0.25, -0.2) is 0 Å². The number of hydrogen-bond acceptors (Lipinski definition) is 3. The third kappa shape index (κ3) is 3.02. The predicted octanol–water partition coefficient (Wildman–Crippen LogP) is 3.92. The van der Waals surface area contributed by atoms with E-state index in [1.807, 2.05) is 11.8 Å². The molecular weight excluding hydrogens is 318 g/mol. The van der Waals surface area contributed by atoms with Gasteiger partial charge < -0.3 is 4.90 Å². The largest absolute Gasteiger partial charge is 0.338 e. The zero-order chi connectivity index (χ0) is 16.7. The number of aryl methyl sites for hydroxylation is 2. The number of H-pyrrole nitrogens is 1. The maximum absolute atomic E-state index is 12.9. The fourth-order valence-corrected chi connectivity index (χ4v) is 5.17. The summed E-state index contributed by atoms with van der Waals surface area (Å²) in [6.45, 7) is 6.03. The van der Waals surface area contributed by atoms with Crippen molar-refractivity contribution in [2.75, 3.05) is 13.1 Å². The van der Waals surface area contributed by atoms with E-state index in [4.69, 9.17) is 0 Å². The molecule has 1 aliphatic heterocycles. The van der Waals surface area contributed by atoms with E-state index in [2.05, 4.69) is 29.3 Å². The van der Waals surface area contributed by atoms with E-state index in [0.717, 1.165) is 61.0 Å². The lowest BCUT2D eigenvalue weighted by Gasteiger charge is -2.31. The fraction of sp³-hybridized carbons (Fsp3) is 0.579. The van der Waals surface area contributed by atoms with Gasteiger partial charge in [-0.05, 0) is 62.6 Å². The van der Waals surface area contributed by atoms with Crippen molar-refractivity contribution >= 4 is 17.2 Å². The van der Waals surface area contributed by atoms with Gasteiger partial charge in [0.1, 0.15) is 0 Å². The van der Waals surface area contributed by atoms with Gasteiger partial charge in [0.25, 0.3) is 5.91 Å². The van der Waals surface area contributed by atoms with E-state index >= 15 is 0 Å². The Balaban J connectivity index is 1.41. The fourth-order valence-electron chi connectivity index (χ4n) is 3.99. The summed E-state index contributed by atoms with van der Waals surface area (Å²) in [4.78, 5) is 17.3. The summed E-state index contributed by atoms with van der Waals surface area (Å²) in [5, 5.41) is 7.42. The Morgan fingerprint density at radius 3 is 2.79 bits per heavy atom. The molecule has 4 nitrogen and oxygen atoms in total. The summed E-state index contributed by atoms with van der Waals surface area (Å²) in [6, 6.07) is 4.30. The number of aromatic amines is 1. The minimum atomic E-state index is 0.235. The highest BCUT2D eigenvalue weighted by Crippen LogP contribution is 2.34. The second kappa shape index (κ2) is 6.36. The van der Waals surface area contributed by atoms with Gasteiger partial charge in [0, 0.05) is 29.6 Å². The Morgan fingerprint density at radius 1 is 1.29 bits per heavy atom. The molecule has 1 saturated heterocycles. The van der Waals surface area contributed by atoms with Crippen LogP contribution >= 0.6 is 11.3 Å². The van der Waals surface area contributed by atoms with Crippen LogP contribution in [0.5, 0.6) is 0 Å². The first kappa shape index (κ1) is 15.9. The number of likely N-dealkylation sites (tertiary alicyclic amines) is 1. The topological polar surface area (TPSA) is 49.0 Å². The van der Waals surface area contributed by atoms with Crippen LogP contribution in [-0.2, 0) is 12.8 Å². The normalized spacial score (nSPS) is 21.8. The smallest absolute Gasteiger partial charge is 0.263 e. The van der Waals surface area contributed by atoms with Gasteiger partial charge in [0.2, 0.25) is 0 Å². The van der Waals surface area contributed by atoms with Gasteiger partial charge in [-0.15, -0.1) is 11.3 Å². The maximum Gasteiger partial charge on any atom is 0.263 e. The van der Waals surface area contributed by atoms with Gasteiger partial charge >= 0.3 is 0 Å². The molecule has 1 N–H and O–H groups in total. The lowest BCUT2D eigenvalue weighted by atomic mass is 9.90. The van der Waals surface area contributed by atoms with E-state index in [9.17, 15) is 4.79 Å². The number of piperidine rings is 1. The third-order valence-electron chi connectivity index (χ3n) is 5.47. The van der Waals surface area contributed by atoms with Gasteiger partial charge in [0.05, 0.1) is 10.6 Å². The zero-order valence-corrected chi connectivity index (χ0v) is 15.3. The summed E-state index contributed by atoms with van der Waals surface area (Å²) in [6.07, 6.45) is 5.57. The van der Waals surface area contributed by atoms with Crippen molar-refractivity contribution in [3.63, 3.8) is 0 Å². The molecule has 2 aromatic heterocycles. The summed E-state index contributed by atoms with van der Waals surface area (Å²) < 4.78 is 0. The van der Waals surface area contributed by atoms with Crippen LogP contribution < -0.4 is 0 Å². The summed E-state index contributed by atoms with van der Waals surface area (Å²) in [5.41, 5.74) is 3.69. The van der Waals surface area contributed by atoms with E-state index in [0.29, 0.717) is 5.92 Å². The van der Waals surface area contributed by atoms with Crippen molar-refractivity contribution in [1.82, 2.24) is 15.1 Å². The van der Waals surface area contributed by atoms with E-state index in [1.54, 1.807) is 11.3 Å². The molecule has 5 heteroatoms. The van der Waals surface area contributed by atoms with E-state index < -0.39 is 0 Å². The number of fused-ring (bicyclic) bond motifs is 1. The van der Waals surface area contributed by atoms with Crippen LogP contribution in [0.3, 0.4) is 0 Å². The highest BCUT2D eigenvalue weighted by Gasteiger charge is 2.28. The van der Waals surface area contributed by atoms with Crippen LogP contribution in [-0.4, -0.2) is 34.1 Å². The van der Waals surface area contributed by atoms with E-state index in [1.165, 1.54) is 16.9 Å². The van der Waals surface area contributed by atoms with Crippen LogP contribution in [0, 0.1) is 12.8 Å². The quantitative estimate of drug-likeness (QED) is 0.898. The average Bonchev–Trinajstić information content (AvgIpc) is 3.20. The maximum atomic E-state index is 12.9. The van der Waals surface area contributed by atoms with Crippen molar-refractivity contribution in [1.29, 1.82) is 0 Å². The molecule has 1 amide bonds. The number of thiophene rings is 1. The molecule has 0 spiro atoms. The van der Waals surface area contributed by atoms with Crippen LogP contribution in [0.15, 0.2) is 12.1 Å². The molecule has 1 unspecified atom stereocenters. The molecule has 2 aliphatic rings. The van der Waals surface area contributed by atoms with Crippen molar-refractivity contribution < 1.29 is 4.79 Å². The number of amides is 1. The number of carbonyl (C=O) groups is 1. The molecule has 3 heterocycles. The average molecular weight is 343 g/mol. The Labute approximate surface area is 147 Å². The van der Waals surface area contributed by atoms with Crippen LogP contribution in [0.1, 0.15) is 63.6 Å². The minimum absolute atomic E-state index is 0.235. The summed E-state index contributed by atoms with van der Waals surface area (Å²) in [7, 11) is 0. The molecule has 0 radical (unpaired) electrons. The molecule has 1 fully saturated rings. The Morgan fingerprint density at radius 2 is 2.08 bits per heavy atom. The molecule has 0 bridgehead atoms. The Hall–Kier alpha value is -1.62. The summed E-state index contributed by atoms with van der Waals surface area (Å²) >= 11 is 1.73. The lowest BCUT2D eigenvalue weighted by molar-refractivity contribution is 0.0717. The number of nitrogens with one attached hydrogen (secondary N) is 1. The van der Waals surface area contributed by atoms with E-state index in [-0.39, 0.29) is 5.91 Å². The van der Waals surface area contributed by atoms with Crippen LogP contribution in [0.2, 0.25) is 0 Å². The Bertz CT molecular complexity index is 740. The molecule has 1 aliphatic carbocycles. The van der Waals surface area contributed by atoms with Gasteiger partial charge in [-0.2, -0.15) is 5.10 Å². The van der Waals surface area contributed by atoms with Crippen molar-refractivity contribution in [2.24, 2.45) is 5.92 Å². The number of carbonyl (C=O) groups excluding carboxylic acids is 1. The number of hydrogen-bond donors (Lipinski definition) is 1. The van der Waals surface area contributed by atoms with Crippen molar-refractivity contribution in [2.45, 2.75) is 51.9 Å². The first-order valence-electron chi connectivity index (χ1n) is 9.03. The lowest BCUT2D eigenvalue weighted by Crippen LogP contribution is -2.37. The van der Waals surface area contributed by atoms with Crippen molar-refractivity contribution in [3.8, 4) is 0 Å². The van der Waals surface area contributed by atoms with Crippen LogP contribution in [0.25, 0.3) is 0 Å². The first-order valence-corrected chi connectivity index (χ1v) is 9.84. The monoisotopic (exact) mass is 343 g/mol. The number of aromatic nitrogens is 2. The highest BCUT2D eigenvalue weighted by molar-refractivity contribution is 7.14. The summed E-state index contributed by atoms with van der Waals surface area (Å²) in [5.74, 6) is 1.47. The SMILES string of the molecule is Cc1cc(C2CCN(C(=O)c3cc4c(s3)CCC(C)C4)CC2)n[nH]1.